The molecule has 0 saturated carbocycles. The molecule has 86 valence electrons. The molecule has 3 rings (SSSR count). The molecule has 2 aromatic rings. The fourth-order valence-electron chi connectivity index (χ4n) is 2.27. The zero-order valence-corrected chi connectivity index (χ0v) is 9.99. The lowest BCUT2D eigenvalue weighted by Gasteiger charge is -2.30. The normalized spacial score (nSPS) is 17.6. The molecule has 0 bridgehead atoms. The second-order valence-corrected chi connectivity index (χ2v) is 5.16. The summed E-state index contributed by atoms with van der Waals surface area (Å²) in [6.07, 6.45) is 0. The summed E-state index contributed by atoms with van der Waals surface area (Å²) in [7, 11) is 0. The molecule has 1 aliphatic heterocycles. The minimum absolute atomic E-state index is 0.176. The van der Waals surface area contributed by atoms with Gasteiger partial charge in [0.05, 0.1) is 11.0 Å². The van der Waals surface area contributed by atoms with Gasteiger partial charge in [0.25, 0.3) is 0 Å². The Kier molecular flexibility index (Phi) is 2.02. The molecule has 0 radical (unpaired) electrons. The Morgan fingerprint density at radius 2 is 1.88 bits per heavy atom. The first-order valence-corrected chi connectivity index (χ1v) is 5.79. The van der Waals surface area contributed by atoms with E-state index in [1.165, 1.54) is 0 Å². The van der Waals surface area contributed by atoms with E-state index in [0.717, 1.165) is 16.3 Å². The van der Waals surface area contributed by atoms with E-state index in [1.54, 1.807) is 0 Å². The van der Waals surface area contributed by atoms with Crippen molar-refractivity contribution in [3.8, 4) is 5.75 Å². The number of carbonyl (C=O) groups excluding carboxylic acids is 1. The minimum atomic E-state index is -0.433. The van der Waals surface area contributed by atoms with Gasteiger partial charge >= 0.3 is 0 Å². The molecule has 17 heavy (non-hydrogen) atoms. The summed E-state index contributed by atoms with van der Waals surface area (Å²) in [4.78, 5) is 12.5. The number of hydrogen-bond donors (Lipinski definition) is 0. The maximum absolute atomic E-state index is 12.5. The van der Waals surface area contributed by atoms with E-state index in [1.807, 2.05) is 50.2 Å². The molecule has 0 amide bonds. The molecule has 2 nitrogen and oxygen atoms in total. The quantitative estimate of drug-likeness (QED) is 0.687. The molecule has 0 fully saturated rings. The van der Waals surface area contributed by atoms with Gasteiger partial charge in [-0.3, -0.25) is 4.79 Å². The number of rotatable bonds is 0. The van der Waals surface area contributed by atoms with Crippen molar-refractivity contribution in [1.82, 2.24) is 0 Å². The molecule has 0 unspecified atom stereocenters. The third kappa shape index (κ3) is 1.44. The summed E-state index contributed by atoms with van der Waals surface area (Å²) < 4.78 is 5.70. The van der Waals surface area contributed by atoms with Crippen molar-refractivity contribution in [3.63, 3.8) is 0 Å². The van der Waals surface area contributed by atoms with Gasteiger partial charge in [0.15, 0.2) is 5.78 Å². The van der Waals surface area contributed by atoms with Gasteiger partial charge in [-0.05, 0) is 30.7 Å². The van der Waals surface area contributed by atoms with Gasteiger partial charge in [-0.1, -0.05) is 30.3 Å². The molecular formula is C15H14O2. The Labute approximate surface area is 100 Å². The van der Waals surface area contributed by atoms with E-state index in [-0.39, 0.29) is 5.78 Å². The van der Waals surface area contributed by atoms with Gasteiger partial charge in [-0.2, -0.15) is 0 Å². The molecule has 0 saturated heterocycles. The van der Waals surface area contributed by atoms with Gasteiger partial charge in [-0.15, -0.1) is 0 Å². The Morgan fingerprint density at radius 3 is 2.71 bits per heavy atom. The van der Waals surface area contributed by atoms with Crippen LogP contribution in [0.25, 0.3) is 10.8 Å². The number of carbonyl (C=O) groups is 1. The van der Waals surface area contributed by atoms with Gasteiger partial charge < -0.3 is 4.74 Å². The number of Topliss-reactive ketones (excluding diaryl/α,β-unsaturated/α-hetero) is 1. The van der Waals surface area contributed by atoms with E-state index < -0.39 is 5.41 Å². The Hall–Kier alpha value is -1.83. The summed E-state index contributed by atoms with van der Waals surface area (Å²) in [5, 5.41) is 2.07. The number of benzene rings is 2. The van der Waals surface area contributed by atoms with Crippen LogP contribution in [0.5, 0.6) is 5.75 Å². The molecule has 1 aliphatic rings. The molecule has 0 N–H and O–H groups in total. The molecule has 1 heterocycles. The summed E-state index contributed by atoms with van der Waals surface area (Å²) in [6.45, 7) is 4.32. The molecule has 2 heteroatoms. The van der Waals surface area contributed by atoms with E-state index in [9.17, 15) is 4.79 Å². The molecule has 0 spiro atoms. The van der Waals surface area contributed by atoms with Crippen LogP contribution >= 0.6 is 0 Å². The fourth-order valence-corrected chi connectivity index (χ4v) is 2.27. The van der Waals surface area contributed by atoms with Crippen LogP contribution in [0, 0.1) is 5.41 Å². The third-order valence-corrected chi connectivity index (χ3v) is 3.32. The highest BCUT2D eigenvalue weighted by molar-refractivity contribution is 6.13. The van der Waals surface area contributed by atoms with Crippen LogP contribution in [-0.4, -0.2) is 12.4 Å². The van der Waals surface area contributed by atoms with Gasteiger partial charge in [0.2, 0.25) is 0 Å². The number of ketones is 1. The van der Waals surface area contributed by atoms with Gasteiger partial charge in [-0.25, -0.2) is 0 Å². The highest BCUT2D eigenvalue weighted by Crippen LogP contribution is 2.38. The maximum atomic E-state index is 12.5. The van der Waals surface area contributed by atoms with E-state index in [4.69, 9.17) is 4.74 Å². The molecule has 2 aromatic carbocycles. The Bertz CT molecular complexity index is 611. The highest BCUT2D eigenvalue weighted by atomic mass is 16.5. The first kappa shape index (κ1) is 10.3. The number of ether oxygens (including phenoxy) is 1. The van der Waals surface area contributed by atoms with E-state index in [0.29, 0.717) is 12.4 Å². The van der Waals surface area contributed by atoms with Crippen molar-refractivity contribution in [1.29, 1.82) is 0 Å². The zero-order chi connectivity index (χ0) is 12.0. The fraction of sp³-hybridized carbons (Fsp3) is 0.267. The summed E-state index contributed by atoms with van der Waals surface area (Å²) in [5.74, 6) is 0.892. The number of fused-ring (bicyclic) bond motifs is 3. The standard InChI is InChI=1S/C15H14O2/c1-15(2)9-17-12-8-7-10-5-3-4-6-11(10)13(12)14(15)16/h3-8H,9H2,1-2H3. The van der Waals surface area contributed by atoms with Crippen LogP contribution in [-0.2, 0) is 0 Å². The number of hydrogen-bond acceptors (Lipinski definition) is 2. The minimum Gasteiger partial charge on any atom is -0.492 e. The summed E-state index contributed by atoms with van der Waals surface area (Å²) >= 11 is 0. The topological polar surface area (TPSA) is 26.3 Å². The average Bonchev–Trinajstić information content (AvgIpc) is 2.33. The predicted molar refractivity (Wildman–Crippen MR) is 67.6 cm³/mol. The average molecular weight is 226 g/mol. The predicted octanol–water partition coefficient (Wildman–Crippen LogP) is 3.44. The highest BCUT2D eigenvalue weighted by Gasteiger charge is 2.36. The summed E-state index contributed by atoms with van der Waals surface area (Å²) in [6, 6.07) is 11.8. The Balaban J connectivity index is 2.35. The maximum Gasteiger partial charge on any atom is 0.176 e. The van der Waals surface area contributed by atoms with Crippen LogP contribution in [0.15, 0.2) is 36.4 Å². The SMILES string of the molecule is CC1(C)COc2ccc3ccccc3c2C1=O. The third-order valence-electron chi connectivity index (χ3n) is 3.32. The molecule has 0 atom stereocenters. The molecule has 0 aromatic heterocycles. The van der Waals surface area contributed by atoms with E-state index in [2.05, 4.69) is 0 Å². The van der Waals surface area contributed by atoms with Crippen LogP contribution in [0.3, 0.4) is 0 Å². The first-order valence-electron chi connectivity index (χ1n) is 5.79. The first-order chi connectivity index (χ1) is 8.09. The van der Waals surface area contributed by atoms with Crippen molar-refractivity contribution in [2.45, 2.75) is 13.8 Å². The molecule has 0 aliphatic carbocycles. The van der Waals surface area contributed by atoms with Crippen molar-refractivity contribution < 1.29 is 9.53 Å². The van der Waals surface area contributed by atoms with Crippen LogP contribution in [0.4, 0.5) is 0 Å². The van der Waals surface area contributed by atoms with Gasteiger partial charge in [0, 0.05) is 0 Å². The zero-order valence-electron chi connectivity index (χ0n) is 9.99. The summed E-state index contributed by atoms with van der Waals surface area (Å²) in [5.41, 5.74) is 0.302. The van der Waals surface area contributed by atoms with Crippen molar-refractivity contribution >= 4 is 16.6 Å². The van der Waals surface area contributed by atoms with Crippen LogP contribution in [0.2, 0.25) is 0 Å². The smallest absolute Gasteiger partial charge is 0.176 e. The molecular weight excluding hydrogens is 212 g/mol. The van der Waals surface area contributed by atoms with Gasteiger partial charge in [0.1, 0.15) is 12.4 Å². The van der Waals surface area contributed by atoms with Crippen molar-refractivity contribution in [2.75, 3.05) is 6.61 Å². The monoisotopic (exact) mass is 226 g/mol. The van der Waals surface area contributed by atoms with E-state index >= 15 is 0 Å². The van der Waals surface area contributed by atoms with Crippen LogP contribution < -0.4 is 4.74 Å². The van der Waals surface area contributed by atoms with Crippen molar-refractivity contribution in [2.24, 2.45) is 5.41 Å². The van der Waals surface area contributed by atoms with Crippen LogP contribution in [0.1, 0.15) is 24.2 Å². The lowest BCUT2D eigenvalue weighted by molar-refractivity contribution is 0.0695. The second-order valence-electron chi connectivity index (χ2n) is 5.16. The Morgan fingerprint density at radius 1 is 1.12 bits per heavy atom. The largest absolute Gasteiger partial charge is 0.492 e. The second kappa shape index (κ2) is 3.33. The lowest BCUT2D eigenvalue weighted by Crippen LogP contribution is -2.35. The van der Waals surface area contributed by atoms with Crippen molar-refractivity contribution in [3.05, 3.63) is 42.0 Å². The lowest BCUT2D eigenvalue weighted by atomic mass is 9.81.